The third-order valence-corrected chi connectivity index (χ3v) is 2.57. The lowest BCUT2D eigenvalue weighted by atomic mass is 10.3. The number of carbonyl (C=O) groups is 1. The first-order valence-electron chi connectivity index (χ1n) is 6.51. The van der Waals surface area contributed by atoms with Crippen LogP contribution in [-0.2, 0) is 0 Å². The fraction of sp³-hybridized carbons (Fsp3) is 0.385. The number of rotatable bonds is 4. The number of benzene rings is 1. The average molecular weight is 290 g/mol. The van der Waals surface area contributed by atoms with Gasteiger partial charge in [-0.2, -0.15) is 4.80 Å². The summed E-state index contributed by atoms with van der Waals surface area (Å²) in [6.45, 7) is 3.89. The van der Waals surface area contributed by atoms with Gasteiger partial charge in [-0.15, -0.1) is 0 Å². The predicted octanol–water partition coefficient (Wildman–Crippen LogP) is 2.14. The van der Waals surface area contributed by atoms with Crippen LogP contribution in [0.25, 0.3) is 0 Å². The molecule has 2 amide bonds. The Morgan fingerprint density at radius 1 is 1.38 bits per heavy atom. The van der Waals surface area contributed by atoms with E-state index in [2.05, 4.69) is 20.7 Å². The molecule has 0 bridgehead atoms. The Hall–Kier alpha value is -2.64. The molecular formula is C13H18N6O2. The van der Waals surface area contributed by atoms with Crippen LogP contribution in [0.1, 0.15) is 19.9 Å². The van der Waals surface area contributed by atoms with Crippen LogP contribution in [0.5, 0.6) is 11.8 Å². The number of anilines is 1. The molecule has 8 nitrogen and oxygen atoms in total. The monoisotopic (exact) mass is 290 g/mol. The summed E-state index contributed by atoms with van der Waals surface area (Å²) in [6, 6.07) is 7.05. The van der Waals surface area contributed by atoms with E-state index in [0.29, 0.717) is 11.4 Å². The molecule has 0 saturated heterocycles. The highest BCUT2D eigenvalue weighted by Gasteiger charge is 2.09. The number of nitrogens with zero attached hydrogens (tertiary/aromatic N) is 5. The highest BCUT2D eigenvalue weighted by molar-refractivity contribution is 5.89. The van der Waals surface area contributed by atoms with E-state index in [-0.39, 0.29) is 18.1 Å². The summed E-state index contributed by atoms with van der Waals surface area (Å²) in [6.07, 6.45) is 0. The van der Waals surface area contributed by atoms with Gasteiger partial charge in [0.1, 0.15) is 5.75 Å². The first-order chi connectivity index (χ1) is 9.95. The molecule has 21 heavy (non-hydrogen) atoms. The van der Waals surface area contributed by atoms with Crippen molar-refractivity contribution >= 4 is 11.7 Å². The second kappa shape index (κ2) is 6.21. The van der Waals surface area contributed by atoms with Gasteiger partial charge in [-0.1, -0.05) is 16.3 Å². The van der Waals surface area contributed by atoms with Crippen molar-refractivity contribution in [1.29, 1.82) is 0 Å². The molecule has 2 aromatic rings. The number of hydrogen-bond donors (Lipinski definition) is 1. The van der Waals surface area contributed by atoms with Gasteiger partial charge < -0.3 is 15.0 Å². The molecule has 0 radical (unpaired) electrons. The van der Waals surface area contributed by atoms with Crippen LogP contribution in [0.3, 0.4) is 0 Å². The molecular weight excluding hydrogens is 272 g/mol. The zero-order valence-electron chi connectivity index (χ0n) is 12.4. The second-order valence-corrected chi connectivity index (χ2v) is 4.94. The molecule has 8 heteroatoms. The fourth-order valence-electron chi connectivity index (χ4n) is 1.45. The summed E-state index contributed by atoms with van der Waals surface area (Å²) >= 11 is 0. The quantitative estimate of drug-likeness (QED) is 0.932. The normalized spacial score (nSPS) is 10.5. The first-order valence-corrected chi connectivity index (χ1v) is 6.51. The zero-order chi connectivity index (χ0) is 15.4. The Morgan fingerprint density at radius 2 is 2.14 bits per heavy atom. The third kappa shape index (κ3) is 3.91. The Balaban J connectivity index is 2.08. The van der Waals surface area contributed by atoms with Crippen molar-refractivity contribution in [3.8, 4) is 11.8 Å². The Kier molecular flexibility index (Phi) is 4.36. The van der Waals surface area contributed by atoms with Gasteiger partial charge >= 0.3 is 12.0 Å². The largest absolute Gasteiger partial charge is 0.422 e. The number of tetrazole rings is 1. The van der Waals surface area contributed by atoms with Crippen LogP contribution < -0.4 is 10.1 Å². The van der Waals surface area contributed by atoms with Crippen molar-refractivity contribution in [2.75, 3.05) is 19.4 Å². The summed E-state index contributed by atoms with van der Waals surface area (Å²) in [5.74, 6) is 0.523. The van der Waals surface area contributed by atoms with Gasteiger partial charge in [0.2, 0.25) is 0 Å². The minimum atomic E-state index is -0.212. The van der Waals surface area contributed by atoms with Gasteiger partial charge in [-0.25, -0.2) is 4.79 Å². The van der Waals surface area contributed by atoms with Crippen LogP contribution in [0.15, 0.2) is 24.3 Å². The molecule has 0 aliphatic heterocycles. The van der Waals surface area contributed by atoms with E-state index in [0.717, 1.165) is 0 Å². The van der Waals surface area contributed by atoms with Crippen molar-refractivity contribution in [2.24, 2.45) is 0 Å². The summed E-state index contributed by atoms with van der Waals surface area (Å²) in [7, 11) is 3.34. The van der Waals surface area contributed by atoms with Crippen molar-refractivity contribution < 1.29 is 9.53 Å². The predicted molar refractivity (Wildman–Crippen MR) is 77.4 cm³/mol. The third-order valence-electron chi connectivity index (χ3n) is 2.57. The summed E-state index contributed by atoms with van der Waals surface area (Å²) in [5, 5.41) is 14.5. The minimum Gasteiger partial charge on any atom is -0.422 e. The number of carbonyl (C=O) groups excluding carboxylic acids is 1. The number of aromatic nitrogens is 4. The number of amides is 2. The lowest BCUT2D eigenvalue weighted by Gasteiger charge is -2.12. The molecule has 0 atom stereocenters. The van der Waals surface area contributed by atoms with Crippen molar-refractivity contribution in [3.63, 3.8) is 0 Å². The zero-order valence-corrected chi connectivity index (χ0v) is 12.4. The smallest absolute Gasteiger partial charge is 0.361 e. The molecule has 0 saturated carbocycles. The van der Waals surface area contributed by atoms with E-state index in [1.165, 1.54) is 9.70 Å². The van der Waals surface area contributed by atoms with E-state index in [9.17, 15) is 4.79 Å². The van der Waals surface area contributed by atoms with E-state index in [1.807, 2.05) is 13.8 Å². The van der Waals surface area contributed by atoms with Gasteiger partial charge in [0.15, 0.2) is 0 Å². The van der Waals surface area contributed by atoms with Gasteiger partial charge in [0.05, 0.1) is 6.04 Å². The molecule has 112 valence electrons. The summed E-state index contributed by atoms with van der Waals surface area (Å²) in [5.41, 5.74) is 0.627. The molecule has 1 aromatic carbocycles. The van der Waals surface area contributed by atoms with E-state index >= 15 is 0 Å². The van der Waals surface area contributed by atoms with Gasteiger partial charge in [-0.3, -0.25) is 0 Å². The molecule has 0 aliphatic rings. The van der Waals surface area contributed by atoms with Crippen LogP contribution in [0.2, 0.25) is 0 Å². The maximum Gasteiger partial charge on any atom is 0.361 e. The molecule has 0 spiro atoms. The first kappa shape index (κ1) is 14.8. The minimum absolute atomic E-state index is 0.112. The van der Waals surface area contributed by atoms with E-state index in [1.54, 1.807) is 38.4 Å². The molecule has 1 aromatic heterocycles. The van der Waals surface area contributed by atoms with Crippen molar-refractivity contribution in [2.45, 2.75) is 19.9 Å². The highest BCUT2D eigenvalue weighted by atomic mass is 16.5. The summed E-state index contributed by atoms with van der Waals surface area (Å²) in [4.78, 5) is 14.5. The summed E-state index contributed by atoms with van der Waals surface area (Å²) < 4.78 is 5.52. The Labute approximate surface area is 122 Å². The van der Waals surface area contributed by atoms with E-state index in [4.69, 9.17) is 4.74 Å². The maximum atomic E-state index is 11.6. The van der Waals surface area contributed by atoms with E-state index < -0.39 is 0 Å². The lowest BCUT2D eigenvalue weighted by molar-refractivity contribution is 0.230. The fourth-order valence-corrected chi connectivity index (χ4v) is 1.45. The Bertz CT molecular complexity index is 623. The highest BCUT2D eigenvalue weighted by Crippen LogP contribution is 2.21. The molecule has 0 fully saturated rings. The molecule has 0 unspecified atom stereocenters. The van der Waals surface area contributed by atoms with Crippen LogP contribution in [0.4, 0.5) is 10.5 Å². The van der Waals surface area contributed by atoms with Crippen molar-refractivity contribution in [3.05, 3.63) is 24.3 Å². The van der Waals surface area contributed by atoms with Crippen LogP contribution in [-0.4, -0.2) is 45.2 Å². The van der Waals surface area contributed by atoms with Gasteiger partial charge in [-0.05, 0) is 31.2 Å². The lowest BCUT2D eigenvalue weighted by Crippen LogP contribution is -2.27. The molecule has 1 heterocycles. The second-order valence-electron chi connectivity index (χ2n) is 4.94. The molecule has 2 rings (SSSR count). The van der Waals surface area contributed by atoms with Crippen LogP contribution >= 0.6 is 0 Å². The SMILES string of the molecule is CC(C)n1nnc(Oc2cccc(NC(=O)N(C)C)c2)n1. The van der Waals surface area contributed by atoms with Gasteiger partial charge in [0, 0.05) is 25.8 Å². The van der Waals surface area contributed by atoms with Gasteiger partial charge in [0.25, 0.3) is 0 Å². The number of ether oxygens (including phenoxy) is 1. The average Bonchev–Trinajstić information content (AvgIpc) is 2.87. The van der Waals surface area contributed by atoms with Crippen molar-refractivity contribution in [1.82, 2.24) is 25.1 Å². The maximum absolute atomic E-state index is 11.6. The molecule has 1 N–H and O–H groups in total. The standard InChI is InChI=1S/C13H18N6O2/c1-9(2)19-16-12(15-17-19)21-11-7-5-6-10(8-11)14-13(20)18(3)4/h5-9H,1-4H3,(H,14,20). The number of nitrogens with one attached hydrogen (secondary N) is 1. The topological polar surface area (TPSA) is 85.2 Å². The Morgan fingerprint density at radius 3 is 2.76 bits per heavy atom. The number of hydrogen-bond acceptors (Lipinski definition) is 5. The molecule has 0 aliphatic carbocycles. The van der Waals surface area contributed by atoms with Crippen LogP contribution in [0, 0.1) is 0 Å². The number of urea groups is 1.